The molecular weight excluding hydrogens is 306 g/mol. The fraction of sp³-hybridized carbons (Fsp3) is 0.263. The highest BCUT2D eigenvalue weighted by Crippen LogP contribution is 2.40. The van der Waals surface area contributed by atoms with Crippen molar-refractivity contribution in [3.63, 3.8) is 0 Å². The summed E-state index contributed by atoms with van der Waals surface area (Å²) in [5.74, 6) is 0. The van der Waals surface area contributed by atoms with Crippen LogP contribution in [0.4, 0.5) is 0 Å². The van der Waals surface area contributed by atoms with Gasteiger partial charge in [-0.05, 0) is 37.5 Å². The van der Waals surface area contributed by atoms with E-state index in [1.807, 2.05) is 49.4 Å². The average Bonchev–Trinajstić information content (AvgIpc) is 3.01. The zero-order chi connectivity index (χ0) is 16.4. The van der Waals surface area contributed by atoms with Crippen molar-refractivity contribution in [2.75, 3.05) is 0 Å². The number of benzene rings is 2. The summed E-state index contributed by atoms with van der Waals surface area (Å²) in [5, 5.41) is 0. The van der Waals surface area contributed by atoms with Crippen LogP contribution in [-0.4, -0.2) is 18.8 Å². The standard InChI is InChI=1S/C19H21NO2S/c1-3-17-11-14-19(16-7-5-4-6-8-16)20(17)23(21,22)18-12-9-15(2)10-13-18/h3-10,12-13,17,19H,1,11,14H2,2H3/t17-,19?/m0/s1. The number of hydrogen-bond acceptors (Lipinski definition) is 2. The van der Waals surface area contributed by atoms with Crippen molar-refractivity contribution >= 4 is 10.0 Å². The third-order valence-corrected chi connectivity index (χ3v) is 6.37. The molecular formula is C19H21NO2S. The monoisotopic (exact) mass is 327 g/mol. The second-order valence-corrected chi connectivity index (χ2v) is 7.80. The Bertz CT molecular complexity index is 782. The molecule has 23 heavy (non-hydrogen) atoms. The largest absolute Gasteiger partial charge is 0.244 e. The van der Waals surface area contributed by atoms with E-state index in [0.29, 0.717) is 4.90 Å². The quantitative estimate of drug-likeness (QED) is 0.794. The van der Waals surface area contributed by atoms with E-state index in [1.165, 1.54) is 0 Å². The lowest BCUT2D eigenvalue weighted by atomic mass is 10.1. The fourth-order valence-corrected chi connectivity index (χ4v) is 5.04. The Hall–Kier alpha value is -1.91. The highest BCUT2D eigenvalue weighted by atomic mass is 32.2. The van der Waals surface area contributed by atoms with Crippen LogP contribution in [0.3, 0.4) is 0 Å². The van der Waals surface area contributed by atoms with Crippen LogP contribution in [0.1, 0.15) is 30.0 Å². The molecule has 0 saturated carbocycles. The lowest BCUT2D eigenvalue weighted by Crippen LogP contribution is -2.36. The summed E-state index contributed by atoms with van der Waals surface area (Å²) < 4.78 is 28.0. The third-order valence-electron chi connectivity index (χ3n) is 4.42. The van der Waals surface area contributed by atoms with Gasteiger partial charge in [0, 0.05) is 6.04 Å². The molecule has 4 heteroatoms. The van der Waals surface area contributed by atoms with Gasteiger partial charge in [-0.15, -0.1) is 6.58 Å². The molecule has 1 unspecified atom stereocenters. The van der Waals surface area contributed by atoms with Gasteiger partial charge >= 0.3 is 0 Å². The van der Waals surface area contributed by atoms with Crippen molar-refractivity contribution in [2.45, 2.75) is 36.7 Å². The zero-order valence-corrected chi connectivity index (χ0v) is 14.0. The molecule has 3 nitrogen and oxygen atoms in total. The SMILES string of the molecule is C=C[C@H]1CCC(c2ccccc2)N1S(=O)(=O)c1ccc(C)cc1. The molecule has 1 heterocycles. The van der Waals surface area contributed by atoms with E-state index >= 15 is 0 Å². The predicted octanol–water partition coefficient (Wildman–Crippen LogP) is 4.08. The van der Waals surface area contributed by atoms with E-state index in [4.69, 9.17) is 0 Å². The van der Waals surface area contributed by atoms with Crippen molar-refractivity contribution in [3.05, 3.63) is 78.4 Å². The van der Waals surface area contributed by atoms with E-state index in [9.17, 15) is 8.42 Å². The molecule has 0 aliphatic carbocycles. The number of rotatable bonds is 4. The minimum atomic E-state index is -3.55. The van der Waals surface area contributed by atoms with Crippen molar-refractivity contribution in [3.8, 4) is 0 Å². The van der Waals surface area contributed by atoms with Gasteiger partial charge in [0.15, 0.2) is 0 Å². The van der Waals surface area contributed by atoms with E-state index in [-0.39, 0.29) is 12.1 Å². The lowest BCUT2D eigenvalue weighted by Gasteiger charge is -2.28. The van der Waals surface area contributed by atoms with Gasteiger partial charge in [0.05, 0.1) is 10.9 Å². The summed E-state index contributed by atoms with van der Waals surface area (Å²) in [7, 11) is -3.55. The summed E-state index contributed by atoms with van der Waals surface area (Å²) in [6.45, 7) is 5.79. The van der Waals surface area contributed by atoms with E-state index in [0.717, 1.165) is 24.0 Å². The molecule has 1 saturated heterocycles. The first-order valence-electron chi connectivity index (χ1n) is 7.82. The van der Waals surface area contributed by atoms with Gasteiger partial charge in [-0.1, -0.05) is 54.1 Å². The van der Waals surface area contributed by atoms with Crippen LogP contribution in [0, 0.1) is 6.92 Å². The van der Waals surface area contributed by atoms with Crippen LogP contribution in [0.25, 0.3) is 0 Å². The Balaban J connectivity index is 2.05. The molecule has 0 aromatic heterocycles. The molecule has 0 radical (unpaired) electrons. The van der Waals surface area contributed by atoms with Gasteiger partial charge in [0.2, 0.25) is 10.0 Å². The van der Waals surface area contributed by atoms with Gasteiger partial charge in [-0.25, -0.2) is 8.42 Å². The molecule has 0 bridgehead atoms. The van der Waals surface area contributed by atoms with Crippen molar-refractivity contribution < 1.29 is 8.42 Å². The van der Waals surface area contributed by atoms with Crippen LogP contribution < -0.4 is 0 Å². The number of aryl methyl sites for hydroxylation is 1. The Morgan fingerprint density at radius 3 is 2.30 bits per heavy atom. The third kappa shape index (κ3) is 2.96. The van der Waals surface area contributed by atoms with Gasteiger partial charge in [0.1, 0.15) is 0 Å². The van der Waals surface area contributed by atoms with Crippen molar-refractivity contribution in [1.82, 2.24) is 4.31 Å². The molecule has 2 aromatic carbocycles. The minimum Gasteiger partial charge on any atom is -0.207 e. The molecule has 1 fully saturated rings. The molecule has 0 spiro atoms. The highest BCUT2D eigenvalue weighted by molar-refractivity contribution is 7.89. The first-order valence-corrected chi connectivity index (χ1v) is 9.26. The Morgan fingerprint density at radius 1 is 1.04 bits per heavy atom. The van der Waals surface area contributed by atoms with E-state index in [1.54, 1.807) is 22.5 Å². The maximum Gasteiger partial charge on any atom is 0.244 e. The zero-order valence-electron chi connectivity index (χ0n) is 13.2. The van der Waals surface area contributed by atoms with Gasteiger partial charge in [-0.3, -0.25) is 0 Å². The molecule has 0 amide bonds. The number of nitrogens with zero attached hydrogens (tertiary/aromatic N) is 1. The van der Waals surface area contributed by atoms with Crippen molar-refractivity contribution in [2.24, 2.45) is 0 Å². The molecule has 3 rings (SSSR count). The molecule has 1 aliphatic heterocycles. The van der Waals surface area contributed by atoms with Gasteiger partial charge in [-0.2, -0.15) is 4.31 Å². The maximum absolute atomic E-state index is 13.2. The Morgan fingerprint density at radius 2 is 1.70 bits per heavy atom. The summed E-state index contributed by atoms with van der Waals surface area (Å²) in [4.78, 5) is 0.345. The minimum absolute atomic E-state index is 0.134. The molecule has 1 aliphatic rings. The molecule has 2 aromatic rings. The Labute approximate surface area is 138 Å². The topological polar surface area (TPSA) is 37.4 Å². The van der Waals surface area contributed by atoms with Crippen molar-refractivity contribution in [1.29, 1.82) is 0 Å². The summed E-state index contributed by atoms with van der Waals surface area (Å²) in [6.07, 6.45) is 3.36. The van der Waals surface area contributed by atoms with Gasteiger partial charge < -0.3 is 0 Å². The Kier molecular flexibility index (Phi) is 4.37. The molecule has 0 N–H and O–H groups in total. The fourth-order valence-electron chi connectivity index (χ4n) is 3.20. The van der Waals surface area contributed by atoms with E-state index < -0.39 is 10.0 Å². The summed E-state index contributed by atoms with van der Waals surface area (Å²) >= 11 is 0. The van der Waals surface area contributed by atoms with Crippen LogP contribution in [-0.2, 0) is 10.0 Å². The molecule has 120 valence electrons. The van der Waals surface area contributed by atoms with Crippen LogP contribution in [0.2, 0.25) is 0 Å². The highest BCUT2D eigenvalue weighted by Gasteiger charge is 2.41. The van der Waals surface area contributed by atoms with Gasteiger partial charge in [0.25, 0.3) is 0 Å². The van der Waals surface area contributed by atoms with E-state index in [2.05, 4.69) is 6.58 Å². The summed E-state index contributed by atoms with van der Waals surface area (Å²) in [6, 6.07) is 16.6. The average molecular weight is 327 g/mol. The summed E-state index contributed by atoms with van der Waals surface area (Å²) in [5.41, 5.74) is 2.08. The van der Waals surface area contributed by atoms with Crippen LogP contribution in [0.15, 0.2) is 72.1 Å². The smallest absolute Gasteiger partial charge is 0.207 e. The first-order chi connectivity index (χ1) is 11.0. The van der Waals surface area contributed by atoms with Crippen LogP contribution in [0.5, 0.6) is 0 Å². The van der Waals surface area contributed by atoms with Crippen LogP contribution >= 0.6 is 0 Å². The first kappa shape index (κ1) is 16.0. The maximum atomic E-state index is 13.2. The second-order valence-electron chi connectivity index (χ2n) is 5.95. The lowest BCUT2D eigenvalue weighted by molar-refractivity contribution is 0.359. The number of sulfonamides is 1. The molecule has 2 atom stereocenters. The number of hydrogen-bond donors (Lipinski definition) is 0. The predicted molar refractivity (Wildman–Crippen MR) is 92.6 cm³/mol. The normalized spacial score (nSPS) is 22.1. The second kappa shape index (κ2) is 6.30.